The number of hydrogen-bond acceptors (Lipinski definition) is 7. The summed E-state index contributed by atoms with van der Waals surface area (Å²) in [6.07, 6.45) is 4.50. The molecule has 7 nitrogen and oxygen atoms in total. The monoisotopic (exact) mass is 512 g/mol. The molecule has 0 N–H and O–H groups in total. The van der Waals surface area contributed by atoms with Gasteiger partial charge in [-0.2, -0.15) is 4.31 Å². The van der Waals surface area contributed by atoms with Crippen LogP contribution in [0.1, 0.15) is 29.5 Å². The Labute approximate surface area is 206 Å². The molecule has 0 aliphatic carbocycles. The van der Waals surface area contributed by atoms with Gasteiger partial charge in [0.25, 0.3) is 10.0 Å². The Morgan fingerprint density at radius 2 is 1.91 bits per heavy atom. The molecule has 4 aromatic rings. The highest BCUT2D eigenvalue weighted by atomic mass is 32.2. The fourth-order valence-electron chi connectivity index (χ4n) is 4.25. The standard InChI is InChI=1S/C24H24N4O3S3/c1-16-7-8-17(2)22-21(16)26-24(33-22)27(15-18-9-11-25-12-10-18)23(29)19-5-3-13-28(19)34(30,31)20-6-4-14-32-20/h4,6-12,14,19H,3,5,13,15H2,1-2H3. The van der Waals surface area contributed by atoms with Crippen LogP contribution in [0.3, 0.4) is 0 Å². The Morgan fingerprint density at radius 3 is 2.62 bits per heavy atom. The van der Waals surface area contributed by atoms with Gasteiger partial charge in [0, 0.05) is 18.9 Å². The zero-order chi connectivity index (χ0) is 23.9. The Balaban J connectivity index is 1.56. The molecule has 1 atom stereocenters. The van der Waals surface area contributed by atoms with Crippen LogP contribution in [-0.2, 0) is 21.4 Å². The van der Waals surface area contributed by atoms with Crippen molar-refractivity contribution in [2.45, 2.75) is 43.5 Å². The summed E-state index contributed by atoms with van der Waals surface area (Å²) in [6, 6.07) is 10.4. The van der Waals surface area contributed by atoms with E-state index in [4.69, 9.17) is 4.98 Å². The van der Waals surface area contributed by atoms with Crippen LogP contribution in [0, 0.1) is 13.8 Å². The fraction of sp³-hybridized carbons (Fsp3) is 0.292. The molecule has 0 radical (unpaired) electrons. The van der Waals surface area contributed by atoms with Gasteiger partial charge in [0.1, 0.15) is 10.3 Å². The molecule has 176 valence electrons. The van der Waals surface area contributed by atoms with Gasteiger partial charge in [0.15, 0.2) is 5.13 Å². The van der Waals surface area contributed by atoms with Gasteiger partial charge in [-0.3, -0.25) is 14.7 Å². The number of thiophene rings is 1. The zero-order valence-electron chi connectivity index (χ0n) is 18.8. The summed E-state index contributed by atoms with van der Waals surface area (Å²) >= 11 is 2.64. The highest BCUT2D eigenvalue weighted by Gasteiger charge is 2.42. The minimum absolute atomic E-state index is 0.246. The summed E-state index contributed by atoms with van der Waals surface area (Å²) in [7, 11) is -3.74. The van der Waals surface area contributed by atoms with E-state index >= 15 is 0 Å². The normalized spacial score (nSPS) is 16.8. The molecular weight excluding hydrogens is 488 g/mol. The minimum atomic E-state index is -3.74. The first-order valence-electron chi connectivity index (χ1n) is 11.0. The van der Waals surface area contributed by atoms with Crippen LogP contribution in [-0.4, -0.2) is 41.2 Å². The molecule has 1 aromatic carbocycles. The smallest absolute Gasteiger partial charge is 0.253 e. The molecule has 1 aliphatic heterocycles. The van der Waals surface area contributed by atoms with Crippen LogP contribution in [0.5, 0.6) is 0 Å². The summed E-state index contributed by atoms with van der Waals surface area (Å²) < 4.78 is 29.3. The molecule has 10 heteroatoms. The predicted molar refractivity (Wildman–Crippen MR) is 136 cm³/mol. The number of nitrogens with zero attached hydrogens (tertiary/aromatic N) is 4. The molecule has 0 bridgehead atoms. The number of carbonyl (C=O) groups is 1. The lowest BCUT2D eigenvalue weighted by Gasteiger charge is -2.28. The summed E-state index contributed by atoms with van der Waals surface area (Å²) in [5.74, 6) is -0.246. The van der Waals surface area contributed by atoms with Gasteiger partial charge in [-0.05, 0) is 67.0 Å². The van der Waals surface area contributed by atoms with Crippen molar-refractivity contribution in [3.8, 4) is 0 Å². The van der Waals surface area contributed by atoms with Gasteiger partial charge in [-0.25, -0.2) is 13.4 Å². The summed E-state index contributed by atoms with van der Waals surface area (Å²) in [5, 5.41) is 2.32. The molecule has 1 unspecified atom stereocenters. The lowest BCUT2D eigenvalue weighted by Crippen LogP contribution is -2.47. The van der Waals surface area contributed by atoms with E-state index in [9.17, 15) is 13.2 Å². The molecule has 5 rings (SSSR count). The number of hydrogen-bond donors (Lipinski definition) is 0. The first kappa shape index (κ1) is 23.1. The van der Waals surface area contributed by atoms with E-state index in [2.05, 4.69) is 11.1 Å². The average molecular weight is 513 g/mol. The van der Waals surface area contributed by atoms with Crippen molar-refractivity contribution in [2.75, 3.05) is 11.4 Å². The molecule has 0 spiro atoms. The van der Waals surface area contributed by atoms with E-state index in [0.717, 1.165) is 26.9 Å². The number of pyridine rings is 1. The second-order valence-corrected chi connectivity index (χ2v) is 12.4. The number of thiazole rings is 1. The number of aryl methyl sites for hydroxylation is 2. The van der Waals surface area contributed by atoms with E-state index in [-0.39, 0.29) is 10.1 Å². The van der Waals surface area contributed by atoms with Crippen LogP contribution in [0.2, 0.25) is 0 Å². The number of carbonyl (C=O) groups excluding carboxylic acids is 1. The third kappa shape index (κ3) is 4.15. The second kappa shape index (κ2) is 9.18. The number of benzene rings is 1. The van der Waals surface area contributed by atoms with Gasteiger partial charge in [0.2, 0.25) is 5.91 Å². The van der Waals surface area contributed by atoms with Crippen LogP contribution < -0.4 is 4.90 Å². The van der Waals surface area contributed by atoms with E-state index in [1.807, 2.05) is 32.0 Å². The zero-order valence-corrected chi connectivity index (χ0v) is 21.3. The van der Waals surface area contributed by atoms with Crippen molar-refractivity contribution in [1.82, 2.24) is 14.3 Å². The highest BCUT2D eigenvalue weighted by Crippen LogP contribution is 2.36. The highest BCUT2D eigenvalue weighted by molar-refractivity contribution is 7.91. The Bertz CT molecular complexity index is 1390. The minimum Gasteiger partial charge on any atom is -0.282 e. The van der Waals surface area contributed by atoms with Crippen LogP contribution >= 0.6 is 22.7 Å². The van der Waals surface area contributed by atoms with Crippen LogP contribution in [0.4, 0.5) is 5.13 Å². The lowest BCUT2D eigenvalue weighted by molar-refractivity contribution is -0.121. The number of rotatable bonds is 6. The molecule has 3 aromatic heterocycles. The molecule has 1 aliphatic rings. The Morgan fingerprint density at radius 1 is 1.15 bits per heavy atom. The first-order valence-corrected chi connectivity index (χ1v) is 14.1. The number of aromatic nitrogens is 2. The number of sulfonamides is 1. The van der Waals surface area contributed by atoms with Crippen molar-refractivity contribution in [3.05, 3.63) is 70.9 Å². The van der Waals surface area contributed by atoms with Crippen molar-refractivity contribution < 1.29 is 13.2 Å². The number of fused-ring (bicyclic) bond motifs is 1. The quantitative estimate of drug-likeness (QED) is 0.372. The van der Waals surface area contributed by atoms with E-state index in [0.29, 0.717) is 31.1 Å². The maximum Gasteiger partial charge on any atom is 0.253 e. The molecule has 1 amide bonds. The van der Waals surface area contributed by atoms with Crippen molar-refractivity contribution in [3.63, 3.8) is 0 Å². The molecule has 34 heavy (non-hydrogen) atoms. The Kier molecular flexibility index (Phi) is 6.24. The van der Waals surface area contributed by atoms with Crippen molar-refractivity contribution in [1.29, 1.82) is 0 Å². The van der Waals surface area contributed by atoms with Gasteiger partial charge in [-0.15, -0.1) is 11.3 Å². The van der Waals surface area contributed by atoms with Crippen molar-refractivity contribution >= 4 is 54.0 Å². The maximum atomic E-state index is 14.0. The second-order valence-electron chi connectivity index (χ2n) is 8.36. The van der Waals surface area contributed by atoms with Crippen LogP contribution in [0.15, 0.2) is 58.4 Å². The number of anilines is 1. The molecule has 0 saturated carbocycles. The topological polar surface area (TPSA) is 83.5 Å². The van der Waals surface area contributed by atoms with Crippen LogP contribution in [0.25, 0.3) is 10.2 Å². The van der Waals surface area contributed by atoms with Gasteiger partial charge >= 0.3 is 0 Å². The maximum absolute atomic E-state index is 14.0. The molecule has 4 heterocycles. The first-order chi connectivity index (χ1) is 16.4. The van der Waals surface area contributed by atoms with Gasteiger partial charge in [0.05, 0.1) is 16.8 Å². The van der Waals surface area contributed by atoms with E-state index in [1.54, 1.807) is 34.8 Å². The molecule has 1 saturated heterocycles. The molecular formula is C24H24N4O3S3. The fourth-order valence-corrected chi connectivity index (χ4v) is 8.14. The third-order valence-electron chi connectivity index (χ3n) is 6.06. The van der Waals surface area contributed by atoms with E-state index in [1.165, 1.54) is 27.0 Å². The van der Waals surface area contributed by atoms with Gasteiger partial charge < -0.3 is 0 Å². The lowest BCUT2D eigenvalue weighted by atomic mass is 10.1. The van der Waals surface area contributed by atoms with Gasteiger partial charge in [-0.1, -0.05) is 29.5 Å². The number of amides is 1. The SMILES string of the molecule is Cc1ccc(C)c2sc(N(Cc3ccncc3)C(=O)C3CCCN3S(=O)(=O)c3cccs3)nc12. The Hall–Kier alpha value is -2.66. The summed E-state index contributed by atoms with van der Waals surface area (Å²) in [5.41, 5.74) is 3.93. The molecule has 1 fully saturated rings. The summed E-state index contributed by atoms with van der Waals surface area (Å²) in [4.78, 5) is 24.6. The van der Waals surface area contributed by atoms with Crippen molar-refractivity contribution in [2.24, 2.45) is 0 Å². The predicted octanol–water partition coefficient (Wildman–Crippen LogP) is 4.76. The van der Waals surface area contributed by atoms with E-state index < -0.39 is 16.1 Å². The summed E-state index contributed by atoms with van der Waals surface area (Å²) in [6.45, 7) is 4.66. The average Bonchev–Trinajstić information content (AvgIpc) is 3.61. The largest absolute Gasteiger partial charge is 0.282 e. The third-order valence-corrected chi connectivity index (χ3v) is 10.6.